The number of carboxylic acids is 1. The Morgan fingerprint density at radius 3 is 2.45 bits per heavy atom. The lowest BCUT2D eigenvalue weighted by molar-refractivity contribution is 0.0696. The summed E-state index contributed by atoms with van der Waals surface area (Å²) in [7, 11) is 1.66. The summed E-state index contributed by atoms with van der Waals surface area (Å²) < 4.78 is 9.02. The topological polar surface area (TPSA) is 98.7 Å². The quantitative estimate of drug-likeness (QED) is 0.220. The number of methoxy groups -OCH3 is 1. The lowest BCUT2D eigenvalue weighted by Crippen LogP contribution is -2.21. The van der Waals surface area contributed by atoms with E-state index in [9.17, 15) is 14.7 Å². The van der Waals surface area contributed by atoms with Crippen LogP contribution in [0.5, 0.6) is 5.75 Å². The predicted molar refractivity (Wildman–Crippen MR) is 167 cm³/mol. The van der Waals surface area contributed by atoms with Crippen molar-refractivity contribution in [1.29, 1.82) is 0 Å². The van der Waals surface area contributed by atoms with Gasteiger partial charge in [0.2, 0.25) is 0 Å². The number of aryl methyl sites for hydroxylation is 2. The van der Waals surface area contributed by atoms with Crippen molar-refractivity contribution in [1.82, 2.24) is 14.2 Å². The smallest absolute Gasteiger partial charge is 0.336 e. The van der Waals surface area contributed by atoms with Crippen LogP contribution in [0.25, 0.3) is 28.0 Å². The molecular formula is C34H34N4O4. The standard InChI is InChI=1S/C34H34N4O4/c1-19(2)27-17-28(20(3)15-31(27)42-7)32-36-29-13-9-8-11-26(29)33(39)38(32)35-18-24-16-21(4)37(23(24)6)30-14-10-12-25(22(30)5)34(40)41/h8-19H,1-7H3,(H,40,41). The zero-order valence-corrected chi connectivity index (χ0v) is 24.9. The second-order valence-corrected chi connectivity index (χ2v) is 10.8. The molecule has 0 aliphatic heterocycles. The van der Waals surface area contributed by atoms with Gasteiger partial charge in [0.05, 0.1) is 29.8 Å². The molecule has 0 saturated carbocycles. The highest BCUT2D eigenvalue weighted by Crippen LogP contribution is 2.34. The van der Waals surface area contributed by atoms with Gasteiger partial charge in [-0.1, -0.05) is 32.0 Å². The Balaban J connectivity index is 1.71. The van der Waals surface area contributed by atoms with Gasteiger partial charge in [-0.15, -0.1) is 0 Å². The highest BCUT2D eigenvalue weighted by molar-refractivity contribution is 5.90. The fourth-order valence-electron chi connectivity index (χ4n) is 5.48. The monoisotopic (exact) mass is 562 g/mol. The molecule has 5 aromatic rings. The van der Waals surface area contributed by atoms with Crippen LogP contribution in [0.4, 0.5) is 0 Å². The van der Waals surface area contributed by atoms with E-state index in [2.05, 4.69) is 13.8 Å². The van der Waals surface area contributed by atoms with Gasteiger partial charge >= 0.3 is 5.97 Å². The number of aromatic carboxylic acids is 1. The normalized spacial score (nSPS) is 11.6. The first-order chi connectivity index (χ1) is 20.0. The van der Waals surface area contributed by atoms with Crippen LogP contribution < -0.4 is 10.3 Å². The van der Waals surface area contributed by atoms with E-state index in [0.717, 1.165) is 45.1 Å². The molecule has 1 N–H and O–H groups in total. The van der Waals surface area contributed by atoms with Gasteiger partial charge in [-0.3, -0.25) is 4.79 Å². The van der Waals surface area contributed by atoms with Crippen LogP contribution >= 0.6 is 0 Å². The summed E-state index contributed by atoms with van der Waals surface area (Å²) in [5.41, 5.74) is 7.33. The highest BCUT2D eigenvalue weighted by atomic mass is 16.5. The summed E-state index contributed by atoms with van der Waals surface area (Å²) in [6, 6.07) is 18.5. The lowest BCUT2D eigenvalue weighted by atomic mass is 9.96. The van der Waals surface area contributed by atoms with Crippen LogP contribution in [0.1, 0.15) is 63.8 Å². The first-order valence-corrected chi connectivity index (χ1v) is 13.8. The summed E-state index contributed by atoms with van der Waals surface area (Å²) in [6.07, 6.45) is 1.67. The van der Waals surface area contributed by atoms with Crippen molar-refractivity contribution in [2.24, 2.45) is 5.10 Å². The Kier molecular flexibility index (Phi) is 7.56. The average molecular weight is 563 g/mol. The minimum atomic E-state index is -0.969. The summed E-state index contributed by atoms with van der Waals surface area (Å²) in [5.74, 6) is 0.454. The first-order valence-electron chi connectivity index (χ1n) is 13.8. The fraction of sp³-hybridized carbons (Fsp3) is 0.235. The molecule has 0 unspecified atom stereocenters. The number of hydrogen-bond acceptors (Lipinski definition) is 5. The minimum absolute atomic E-state index is 0.192. The predicted octanol–water partition coefficient (Wildman–Crippen LogP) is 6.80. The molecule has 0 aliphatic carbocycles. The molecule has 5 rings (SSSR count). The summed E-state index contributed by atoms with van der Waals surface area (Å²) in [4.78, 5) is 30.5. The van der Waals surface area contributed by atoms with Crippen LogP contribution in [0, 0.1) is 27.7 Å². The number of benzene rings is 3. The molecule has 0 atom stereocenters. The number of hydrogen-bond donors (Lipinski definition) is 1. The van der Waals surface area contributed by atoms with Gasteiger partial charge in [-0.25, -0.2) is 9.78 Å². The second kappa shape index (κ2) is 11.1. The SMILES string of the molecule is COc1cc(C)c(-c2nc3ccccc3c(=O)n2N=Cc2cc(C)n(-c3cccc(C(=O)O)c3C)c2C)cc1C(C)C. The Bertz CT molecular complexity index is 1950. The van der Waals surface area contributed by atoms with E-state index in [1.807, 2.05) is 67.8 Å². The highest BCUT2D eigenvalue weighted by Gasteiger charge is 2.19. The maximum atomic E-state index is 13.8. The average Bonchev–Trinajstić information content (AvgIpc) is 3.24. The molecule has 0 spiro atoms. The molecule has 214 valence electrons. The molecular weight excluding hydrogens is 528 g/mol. The molecule has 3 aromatic carbocycles. The Morgan fingerprint density at radius 1 is 1.02 bits per heavy atom. The molecule has 0 radical (unpaired) electrons. The molecule has 8 nitrogen and oxygen atoms in total. The zero-order valence-electron chi connectivity index (χ0n) is 24.9. The van der Waals surface area contributed by atoms with Gasteiger partial charge in [0.1, 0.15) is 5.75 Å². The van der Waals surface area contributed by atoms with Crippen molar-refractivity contribution in [3.63, 3.8) is 0 Å². The van der Waals surface area contributed by atoms with Crippen molar-refractivity contribution >= 4 is 23.1 Å². The van der Waals surface area contributed by atoms with Gasteiger partial charge in [0.15, 0.2) is 5.82 Å². The number of carboxylic acid groups (broad SMARTS) is 1. The van der Waals surface area contributed by atoms with Gasteiger partial charge < -0.3 is 14.4 Å². The number of aromatic nitrogens is 3. The molecule has 0 saturated heterocycles. The van der Waals surface area contributed by atoms with Crippen LogP contribution in [0.3, 0.4) is 0 Å². The Morgan fingerprint density at radius 2 is 1.76 bits per heavy atom. The minimum Gasteiger partial charge on any atom is -0.496 e. The van der Waals surface area contributed by atoms with Gasteiger partial charge in [0.25, 0.3) is 5.56 Å². The third-order valence-electron chi connectivity index (χ3n) is 7.75. The van der Waals surface area contributed by atoms with Gasteiger partial charge in [0, 0.05) is 28.2 Å². The van der Waals surface area contributed by atoms with Crippen LogP contribution in [0.15, 0.2) is 70.6 Å². The number of carbonyl (C=O) groups is 1. The van der Waals surface area contributed by atoms with E-state index in [-0.39, 0.29) is 17.0 Å². The van der Waals surface area contributed by atoms with E-state index in [1.54, 1.807) is 38.4 Å². The Hall–Kier alpha value is -4.98. The van der Waals surface area contributed by atoms with Gasteiger partial charge in [-0.2, -0.15) is 9.78 Å². The molecule has 2 aromatic heterocycles. The van der Waals surface area contributed by atoms with E-state index in [4.69, 9.17) is 14.8 Å². The molecule has 0 bridgehead atoms. The molecule has 42 heavy (non-hydrogen) atoms. The summed E-state index contributed by atoms with van der Waals surface area (Å²) >= 11 is 0. The maximum absolute atomic E-state index is 13.8. The number of fused-ring (bicyclic) bond motifs is 1. The number of nitrogens with zero attached hydrogens (tertiary/aromatic N) is 4. The number of ether oxygens (including phenoxy) is 1. The van der Waals surface area contributed by atoms with E-state index < -0.39 is 5.97 Å². The van der Waals surface area contributed by atoms with E-state index >= 15 is 0 Å². The van der Waals surface area contributed by atoms with Crippen LogP contribution in [-0.4, -0.2) is 38.6 Å². The number of para-hydroxylation sites is 1. The molecule has 8 heteroatoms. The largest absolute Gasteiger partial charge is 0.496 e. The molecule has 0 aliphatic rings. The van der Waals surface area contributed by atoms with Crippen molar-refractivity contribution in [3.8, 4) is 22.8 Å². The fourth-order valence-corrected chi connectivity index (χ4v) is 5.48. The lowest BCUT2D eigenvalue weighted by Gasteiger charge is -2.17. The van der Waals surface area contributed by atoms with Gasteiger partial charge in [-0.05, 0) is 92.8 Å². The van der Waals surface area contributed by atoms with Crippen molar-refractivity contribution in [3.05, 3.63) is 110 Å². The van der Waals surface area contributed by atoms with Crippen LogP contribution in [0.2, 0.25) is 0 Å². The first kappa shape index (κ1) is 28.5. The third kappa shape index (κ3) is 4.89. The summed E-state index contributed by atoms with van der Waals surface area (Å²) in [6.45, 7) is 11.9. The van der Waals surface area contributed by atoms with Crippen molar-refractivity contribution < 1.29 is 14.6 Å². The van der Waals surface area contributed by atoms with Crippen LogP contribution in [-0.2, 0) is 0 Å². The van der Waals surface area contributed by atoms with E-state index in [1.165, 1.54) is 4.68 Å². The molecule has 0 fully saturated rings. The second-order valence-electron chi connectivity index (χ2n) is 10.8. The number of rotatable bonds is 7. The van der Waals surface area contributed by atoms with Crippen molar-refractivity contribution in [2.75, 3.05) is 7.11 Å². The van der Waals surface area contributed by atoms with Crippen molar-refractivity contribution in [2.45, 2.75) is 47.5 Å². The zero-order chi connectivity index (χ0) is 30.3. The summed E-state index contributed by atoms with van der Waals surface area (Å²) in [5, 5.41) is 14.8. The molecule has 2 heterocycles. The third-order valence-corrected chi connectivity index (χ3v) is 7.75. The maximum Gasteiger partial charge on any atom is 0.336 e. The van der Waals surface area contributed by atoms with E-state index in [0.29, 0.717) is 22.3 Å². The molecule has 0 amide bonds. The Labute approximate surface area is 244 Å².